The van der Waals surface area contributed by atoms with E-state index in [1.54, 1.807) is 12.1 Å². The van der Waals surface area contributed by atoms with Crippen LogP contribution in [0.25, 0.3) is 0 Å². The Kier molecular flexibility index (Phi) is 7.98. The highest BCUT2D eigenvalue weighted by Gasteiger charge is 2.40. The van der Waals surface area contributed by atoms with E-state index in [2.05, 4.69) is 5.10 Å². The number of methoxy groups -OCH3 is 1. The van der Waals surface area contributed by atoms with Crippen molar-refractivity contribution < 1.29 is 41.4 Å². The van der Waals surface area contributed by atoms with Crippen LogP contribution < -0.4 is 15.2 Å². The molecule has 3 aromatic rings. The first-order valence-electron chi connectivity index (χ1n) is 12.0. The zero-order valence-electron chi connectivity index (χ0n) is 21.5. The number of amides is 3. The number of nitrogens with two attached hydrogens (primary N) is 1. The Balaban J connectivity index is 1.45. The zero-order valence-corrected chi connectivity index (χ0v) is 21.5. The van der Waals surface area contributed by atoms with Gasteiger partial charge < -0.3 is 25.0 Å². The molecule has 0 saturated carbocycles. The molecule has 14 heteroatoms. The number of hydrogen-bond donors (Lipinski definition) is 1. The van der Waals surface area contributed by atoms with Crippen molar-refractivity contribution in [2.45, 2.75) is 12.8 Å². The van der Waals surface area contributed by atoms with E-state index in [1.165, 1.54) is 42.2 Å². The van der Waals surface area contributed by atoms with Gasteiger partial charge in [-0.05, 0) is 29.8 Å². The topological polar surface area (TPSA) is 120 Å². The van der Waals surface area contributed by atoms with Gasteiger partial charge in [0, 0.05) is 39.4 Å². The number of alkyl halides is 3. The molecular weight excluding hydrogens is 538 g/mol. The summed E-state index contributed by atoms with van der Waals surface area (Å²) in [5.41, 5.74) is 3.79. The van der Waals surface area contributed by atoms with E-state index < -0.39 is 41.0 Å². The fourth-order valence-corrected chi connectivity index (χ4v) is 4.31. The van der Waals surface area contributed by atoms with Crippen LogP contribution in [0.2, 0.25) is 0 Å². The molecule has 0 atom stereocenters. The summed E-state index contributed by atoms with van der Waals surface area (Å²) in [6.07, 6.45) is -3.80. The molecule has 0 spiro atoms. The lowest BCUT2D eigenvalue weighted by Crippen LogP contribution is -2.51. The van der Waals surface area contributed by atoms with Crippen LogP contribution in [0.15, 0.2) is 42.6 Å². The Morgan fingerprint density at radius 3 is 2.17 bits per heavy atom. The lowest BCUT2D eigenvalue weighted by molar-refractivity contribution is -0.141. The molecule has 212 valence electrons. The number of ether oxygens (including phenoxy) is 2. The highest BCUT2D eigenvalue weighted by atomic mass is 19.4. The molecule has 4 rings (SSSR count). The number of para-hydroxylation sites is 1. The summed E-state index contributed by atoms with van der Waals surface area (Å²) >= 11 is 0. The average Bonchev–Trinajstić information content (AvgIpc) is 3.34. The fourth-order valence-electron chi connectivity index (χ4n) is 4.31. The molecule has 2 N–H and O–H groups in total. The van der Waals surface area contributed by atoms with E-state index in [4.69, 9.17) is 15.2 Å². The Morgan fingerprint density at radius 2 is 1.60 bits per heavy atom. The molecule has 1 aromatic heterocycles. The molecule has 40 heavy (non-hydrogen) atoms. The van der Waals surface area contributed by atoms with Crippen LogP contribution >= 0.6 is 0 Å². The van der Waals surface area contributed by atoms with Crippen LogP contribution in [0.5, 0.6) is 11.5 Å². The first-order valence-corrected chi connectivity index (χ1v) is 12.0. The lowest BCUT2D eigenvalue weighted by Gasteiger charge is -2.35. The molecule has 0 unspecified atom stereocenters. The maximum absolute atomic E-state index is 14.7. The van der Waals surface area contributed by atoms with E-state index in [0.29, 0.717) is 5.56 Å². The van der Waals surface area contributed by atoms with Gasteiger partial charge in [-0.25, -0.2) is 4.39 Å². The summed E-state index contributed by atoms with van der Waals surface area (Å²) in [4.78, 5) is 40.2. The third kappa shape index (κ3) is 5.84. The highest BCUT2D eigenvalue weighted by molar-refractivity contribution is 5.97. The van der Waals surface area contributed by atoms with E-state index in [1.807, 2.05) is 0 Å². The summed E-state index contributed by atoms with van der Waals surface area (Å²) in [5, 5.41) is 3.35. The fraction of sp³-hybridized carbons (Fsp3) is 0.308. The summed E-state index contributed by atoms with van der Waals surface area (Å²) in [5.74, 6) is -2.68. The van der Waals surface area contributed by atoms with Crippen LogP contribution in [0.3, 0.4) is 0 Å². The summed E-state index contributed by atoms with van der Waals surface area (Å²) < 4.78 is 66.4. The number of halogens is 4. The molecule has 2 aromatic carbocycles. The largest absolute Gasteiger partial charge is 0.493 e. The molecule has 1 aliphatic heterocycles. The number of carbonyl (C=O) groups is 3. The van der Waals surface area contributed by atoms with E-state index in [-0.39, 0.29) is 55.4 Å². The van der Waals surface area contributed by atoms with Crippen molar-refractivity contribution in [3.05, 3.63) is 76.4 Å². The Labute approximate surface area is 225 Å². The van der Waals surface area contributed by atoms with E-state index in [9.17, 15) is 31.9 Å². The second-order valence-electron chi connectivity index (χ2n) is 8.95. The summed E-state index contributed by atoms with van der Waals surface area (Å²) in [6.45, 7) is -0.281. The Morgan fingerprint density at radius 1 is 0.975 bits per heavy atom. The van der Waals surface area contributed by atoms with Crippen molar-refractivity contribution in [1.82, 2.24) is 19.6 Å². The standard InChI is InChI=1S/C26H25F4N5O5/c1-33-13-18(22(32-33)26(28,29)30)25(38)35-10-8-34(9-11-35)24(37)17-12-15(6-7-19(17)27)14-40-21-16(23(31)36)4-3-5-20(21)39-2/h3-7,12-13H,8-11,14H2,1-2H3,(H2,31,36). The van der Waals surface area contributed by atoms with E-state index in [0.717, 1.165) is 16.9 Å². The number of hydrogen-bond acceptors (Lipinski definition) is 6. The quantitative estimate of drug-likeness (QED) is 0.442. The number of primary amides is 1. The average molecular weight is 564 g/mol. The number of carbonyl (C=O) groups excluding carboxylic acids is 3. The predicted molar refractivity (Wildman–Crippen MR) is 132 cm³/mol. The summed E-state index contributed by atoms with van der Waals surface area (Å²) in [7, 11) is 2.67. The van der Waals surface area contributed by atoms with Gasteiger partial charge in [0.2, 0.25) is 0 Å². The van der Waals surface area contributed by atoms with Crippen LogP contribution in [0.4, 0.5) is 17.6 Å². The number of rotatable bonds is 7. The molecule has 10 nitrogen and oxygen atoms in total. The van der Waals surface area contributed by atoms with Crippen LogP contribution in [0.1, 0.15) is 42.3 Å². The van der Waals surface area contributed by atoms with Crippen molar-refractivity contribution >= 4 is 17.7 Å². The Hall–Kier alpha value is -4.62. The van der Waals surface area contributed by atoms with Crippen molar-refractivity contribution in [2.75, 3.05) is 33.3 Å². The second-order valence-corrected chi connectivity index (χ2v) is 8.95. The van der Waals surface area contributed by atoms with E-state index >= 15 is 0 Å². The predicted octanol–water partition coefficient (Wildman–Crippen LogP) is 2.86. The van der Waals surface area contributed by atoms with Crippen molar-refractivity contribution in [2.24, 2.45) is 12.8 Å². The second kappa shape index (κ2) is 11.2. The highest BCUT2D eigenvalue weighted by Crippen LogP contribution is 2.32. The molecule has 3 amide bonds. The molecule has 0 radical (unpaired) electrons. The first-order chi connectivity index (χ1) is 18.9. The maximum Gasteiger partial charge on any atom is 0.435 e. The van der Waals surface area contributed by atoms with Crippen LogP contribution in [-0.4, -0.2) is 70.6 Å². The zero-order chi connectivity index (χ0) is 29.2. The summed E-state index contributed by atoms with van der Waals surface area (Å²) in [6, 6.07) is 8.42. The monoisotopic (exact) mass is 563 g/mol. The van der Waals surface area contributed by atoms with Gasteiger partial charge in [0.1, 0.15) is 12.4 Å². The third-order valence-corrected chi connectivity index (χ3v) is 6.29. The van der Waals surface area contributed by atoms with Gasteiger partial charge in [0.15, 0.2) is 17.2 Å². The molecule has 1 fully saturated rings. The van der Waals surface area contributed by atoms with Gasteiger partial charge in [-0.1, -0.05) is 12.1 Å². The minimum atomic E-state index is -4.80. The number of benzene rings is 2. The molecule has 2 heterocycles. The van der Waals surface area contributed by atoms with Crippen molar-refractivity contribution in [3.63, 3.8) is 0 Å². The first kappa shape index (κ1) is 28.4. The smallest absolute Gasteiger partial charge is 0.435 e. The number of nitrogens with zero attached hydrogens (tertiary/aromatic N) is 4. The van der Waals surface area contributed by atoms with Gasteiger partial charge >= 0.3 is 6.18 Å². The molecule has 0 aliphatic carbocycles. The van der Waals surface area contributed by atoms with Crippen molar-refractivity contribution in [3.8, 4) is 11.5 Å². The van der Waals surface area contributed by atoms with Crippen molar-refractivity contribution in [1.29, 1.82) is 0 Å². The minimum Gasteiger partial charge on any atom is -0.493 e. The minimum absolute atomic E-state index is 0.0183. The van der Waals surface area contributed by atoms with Gasteiger partial charge in [-0.3, -0.25) is 19.1 Å². The molecular formula is C26H25F4N5O5. The van der Waals surface area contributed by atoms with Gasteiger partial charge in [-0.15, -0.1) is 0 Å². The van der Waals surface area contributed by atoms with Crippen LogP contribution in [-0.2, 0) is 19.8 Å². The van der Waals surface area contributed by atoms with Crippen LogP contribution in [0, 0.1) is 5.82 Å². The number of piperazine rings is 1. The van der Waals surface area contributed by atoms with Gasteiger partial charge in [0.05, 0.1) is 23.8 Å². The van der Waals surface area contributed by atoms with Gasteiger partial charge in [0.25, 0.3) is 17.7 Å². The number of aromatic nitrogens is 2. The molecule has 1 saturated heterocycles. The maximum atomic E-state index is 14.7. The third-order valence-electron chi connectivity index (χ3n) is 6.29. The van der Waals surface area contributed by atoms with Gasteiger partial charge in [-0.2, -0.15) is 18.3 Å². The Bertz CT molecular complexity index is 1450. The number of aryl methyl sites for hydroxylation is 1. The SMILES string of the molecule is COc1cccc(C(N)=O)c1OCc1ccc(F)c(C(=O)N2CCN(C(=O)c3cn(C)nc3C(F)(F)F)CC2)c1. The normalized spacial score (nSPS) is 13.8. The lowest BCUT2D eigenvalue weighted by atomic mass is 10.1. The molecule has 1 aliphatic rings. The molecule has 0 bridgehead atoms.